The molecule has 126 valence electrons. The molecule has 0 aliphatic rings. The van der Waals surface area contributed by atoms with Crippen molar-refractivity contribution in [3.05, 3.63) is 73.7 Å². The minimum Gasteiger partial charge on any atom is -0.452 e. The largest absolute Gasteiger partial charge is 0.452 e. The molecule has 0 unspecified atom stereocenters. The highest BCUT2D eigenvalue weighted by atomic mass is 127. The molecule has 0 aliphatic carbocycles. The van der Waals surface area contributed by atoms with Crippen LogP contribution in [0.1, 0.15) is 16.2 Å². The molecule has 0 saturated carbocycles. The summed E-state index contributed by atoms with van der Waals surface area (Å²) >= 11 is 2.05. The van der Waals surface area contributed by atoms with Crippen LogP contribution in [0.4, 0.5) is 5.69 Å². The molecule has 1 heterocycles. The van der Waals surface area contributed by atoms with Crippen molar-refractivity contribution in [2.24, 2.45) is 0 Å². The van der Waals surface area contributed by atoms with Crippen LogP contribution in [0.25, 0.3) is 11.5 Å². The maximum absolute atomic E-state index is 12.0. The number of nitro groups is 1. The number of hydrogen-bond acceptors (Lipinski definition) is 7. The van der Waals surface area contributed by atoms with Crippen LogP contribution in [0.3, 0.4) is 0 Å². The van der Waals surface area contributed by atoms with Crippen molar-refractivity contribution in [1.82, 2.24) is 10.2 Å². The number of nitro benzene ring substituents is 1. The van der Waals surface area contributed by atoms with Crippen molar-refractivity contribution in [2.75, 3.05) is 0 Å². The molecule has 0 amide bonds. The lowest BCUT2D eigenvalue weighted by Gasteiger charge is -2.03. The van der Waals surface area contributed by atoms with E-state index in [1.54, 1.807) is 18.2 Å². The number of carbonyl (C=O) groups is 1. The summed E-state index contributed by atoms with van der Waals surface area (Å²) in [6.45, 7) is -0.163. The van der Waals surface area contributed by atoms with Crippen molar-refractivity contribution in [3.8, 4) is 11.5 Å². The van der Waals surface area contributed by atoms with E-state index < -0.39 is 10.9 Å². The van der Waals surface area contributed by atoms with Crippen LogP contribution in [0.2, 0.25) is 0 Å². The van der Waals surface area contributed by atoms with Gasteiger partial charge in [-0.1, -0.05) is 12.1 Å². The number of halogens is 1. The van der Waals surface area contributed by atoms with Gasteiger partial charge in [0, 0.05) is 21.3 Å². The number of esters is 1. The summed E-state index contributed by atoms with van der Waals surface area (Å²) < 4.78 is 11.4. The van der Waals surface area contributed by atoms with E-state index in [9.17, 15) is 14.9 Å². The van der Waals surface area contributed by atoms with E-state index in [0.717, 1.165) is 3.57 Å². The normalized spacial score (nSPS) is 10.4. The highest BCUT2D eigenvalue weighted by Crippen LogP contribution is 2.21. The van der Waals surface area contributed by atoms with E-state index >= 15 is 0 Å². The maximum Gasteiger partial charge on any atom is 0.339 e. The summed E-state index contributed by atoms with van der Waals surface area (Å²) in [7, 11) is 0. The van der Waals surface area contributed by atoms with Crippen LogP contribution >= 0.6 is 22.6 Å². The van der Waals surface area contributed by atoms with Crippen LogP contribution in [0.15, 0.2) is 52.9 Å². The fourth-order valence-electron chi connectivity index (χ4n) is 1.99. The van der Waals surface area contributed by atoms with E-state index in [-0.39, 0.29) is 24.1 Å². The van der Waals surface area contributed by atoms with Crippen molar-refractivity contribution in [3.63, 3.8) is 0 Å². The number of non-ortho nitro benzene ring substituents is 1. The summed E-state index contributed by atoms with van der Waals surface area (Å²) in [5, 5.41) is 18.3. The monoisotopic (exact) mass is 451 g/mol. The van der Waals surface area contributed by atoms with Gasteiger partial charge >= 0.3 is 5.97 Å². The van der Waals surface area contributed by atoms with Gasteiger partial charge in [-0.3, -0.25) is 10.1 Å². The molecule has 25 heavy (non-hydrogen) atoms. The molecule has 0 atom stereocenters. The Morgan fingerprint density at radius 2 is 1.88 bits per heavy atom. The SMILES string of the molecule is O=C(OCc1nnc(-c2ccc([N+](=O)[O-])cc2)o1)c1ccccc1I. The lowest BCUT2D eigenvalue weighted by molar-refractivity contribution is -0.384. The Kier molecular flexibility index (Phi) is 5.03. The molecule has 0 saturated heterocycles. The van der Waals surface area contributed by atoms with Crippen LogP contribution in [0, 0.1) is 13.7 Å². The molecule has 0 radical (unpaired) electrons. The highest BCUT2D eigenvalue weighted by Gasteiger charge is 2.15. The predicted octanol–water partition coefficient (Wildman–Crippen LogP) is 3.61. The van der Waals surface area contributed by atoms with Gasteiger partial charge in [0.25, 0.3) is 11.6 Å². The molecule has 0 aliphatic heterocycles. The van der Waals surface area contributed by atoms with E-state index in [1.807, 2.05) is 28.7 Å². The molecule has 9 heteroatoms. The summed E-state index contributed by atoms with van der Waals surface area (Å²) in [6, 6.07) is 12.7. The molecule has 0 spiro atoms. The topological polar surface area (TPSA) is 108 Å². The summed E-state index contributed by atoms with van der Waals surface area (Å²) in [5.74, 6) is -0.164. The predicted molar refractivity (Wildman–Crippen MR) is 94.7 cm³/mol. The van der Waals surface area contributed by atoms with E-state index in [0.29, 0.717) is 11.1 Å². The van der Waals surface area contributed by atoms with Gasteiger partial charge in [-0.25, -0.2) is 4.79 Å². The van der Waals surface area contributed by atoms with Crippen molar-refractivity contribution in [2.45, 2.75) is 6.61 Å². The van der Waals surface area contributed by atoms with Crippen LogP contribution in [-0.2, 0) is 11.3 Å². The van der Waals surface area contributed by atoms with Crippen LogP contribution in [0.5, 0.6) is 0 Å². The highest BCUT2D eigenvalue weighted by molar-refractivity contribution is 14.1. The van der Waals surface area contributed by atoms with Crippen molar-refractivity contribution < 1.29 is 18.9 Å². The van der Waals surface area contributed by atoms with Crippen molar-refractivity contribution >= 4 is 34.2 Å². The Balaban J connectivity index is 1.67. The molecule has 0 N–H and O–H groups in total. The Bertz CT molecular complexity index is 924. The third-order valence-corrected chi connectivity index (χ3v) is 4.15. The first-order valence-corrected chi connectivity index (χ1v) is 8.11. The summed E-state index contributed by atoms with van der Waals surface area (Å²) in [5.41, 5.74) is 0.960. The quantitative estimate of drug-likeness (QED) is 0.252. The number of hydrogen-bond donors (Lipinski definition) is 0. The second kappa shape index (κ2) is 7.38. The minimum atomic E-state index is -0.493. The van der Waals surface area contributed by atoms with E-state index in [4.69, 9.17) is 9.15 Å². The first-order chi connectivity index (χ1) is 12.0. The Labute approximate surface area is 155 Å². The average molecular weight is 451 g/mol. The standard InChI is InChI=1S/C16H10IN3O5/c17-13-4-2-1-3-12(13)16(21)24-9-14-18-19-15(25-14)10-5-7-11(8-6-10)20(22)23/h1-8H,9H2. The Hall–Kier alpha value is -2.82. The molecule has 3 rings (SSSR count). The molecule has 3 aromatic rings. The molecule has 0 bridgehead atoms. The fourth-order valence-corrected chi connectivity index (χ4v) is 2.59. The van der Waals surface area contributed by atoms with Gasteiger partial charge < -0.3 is 9.15 Å². The third-order valence-electron chi connectivity index (χ3n) is 3.21. The third kappa shape index (κ3) is 3.99. The van der Waals surface area contributed by atoms with Gasteiger partial charge in [0.15, 0.2) is 6.61 Å². The van der Waals surface area contributed by atoms with Gasteiger partial charge in [-0.2, -0.15) is 0 Å². The van der Waals surface area contributed by atoms with Crippen LogP contribution in [-0.4, -0.2) is 21.1 Å². The number of aromatic nitrogens is 2. The van der Waals surface area contributed by atoms with Gasteiger partial charge in [-0.15, -0.1) is 10.2 Å². The van der Waals surface area contributed by atoms with Gasteiger partial charge in [-0.05, 0) is 46.9 Å². The molecular weight excluding hydrogens is 441 g/mol. The number of ether oxygens (including phenoxy) is 1. The molecule has 8 nitrogen and oxygen atoms in total. The Morgan fingerprint density at radius 1 is 1.16 bits per heavy atom. The molecule has 1 aromatic heterocycles. The lowest BCUT2D eigenvalue weighted by atomic mass is 10.2. The zero-order chi connectivity index (χ0) is 17.8. The number of carbonyl (C=O) groups excluding carboxylic acids is 1. The smallest absolute Gasteiger partial charge is 0.339 e. The molecule has 2 aromatic carbocycles. The van der Waals surface area contributed by atoms with Gasteiger partial charge in [0.1, 0.15) is 0 Å². The Morgan fingerprint density at radius 3 is 2.56 bits per heavy atom. The number of rotatable bonds is 5. The van der Waals surface area contributed by atoms with Gasteiger partial charge in [0.2, 0.25) is 5.89 Å². The van der Waals surface area contributed by atoms with Crippen LogP contribution < -0.4 is 0 Å². The number of nitrogens with zero attached hydrogens (tertiary/aromatic N) is 3. The molecular formula is C16H10IN3O5. The zero-order valence-corrected chi connectivity index (χ0v) is 14.7. The lowest BCUT2D eigenvalue weighted by Crippen LogP contribution is -2.07. The number of benzene rings is 2. The van der Waals surface area contributed by atoms with E-state index in [2.05, 4.69) is 10.2 Å². The first kappa shape index (κ1) is 17.0. The zero-order valence-electron chi connectivity index (χ0n) is 12.6. The van der Waals surface area contributed by atoms with E-state index in [1.165, 1.54) is 24.3 Å². The summed E-state index contributed by atoms with van der Waals surface area (Å²) in [4.78, 5) is 22.2. The summed E-state index contributed by atoms with van der Waals surface area (Å²) in [6.07, 6.45) is 0. The average Bonchev–Trinajstić information content (AvgIpc) is 3.09. The first-order valence-electron chi connectivity index (χ1n) is 7.03. The molecule has 0 fully saturated rings. The van der Waals surface area contributed by atoms with Crippen molar-refractivity contribution in [1.29, 1.82) is 0 Å². The minimum absolute atomic E-state index is 0.0325. The fraction of sp³-hybridized carbons (Fsp3) is 0.0625. The maximum atomic E-state index is 12.0. The second-order valence-corrected chi connectivity index (χ2v) is 6.02. The second-order valence-electron chi connectivity index (χ2n) is 4.86. The van der Waals surface area contributed by atoms with Gasteiger partial charge in [0.05, 0.1) is 10.5 Å².